The van der Waals surface area contributed by atoms with Crippen molar-refractivity contribution in [1.82, 2.24) is 5.32 Å². The minimum atomic E-state index is -0.377. The first-order valence-electron chi connectivity index (χ1n) is 4.71. The summed E-state index contributed by atoms with van der Waals surface area (Å²) in [4.78, 5) is 11.7. The van der Waals surface area contributed by atoms with Crippen LogP contribution in [0.2, 0.25) is 0 Å². The molecule has 3 nitrogen and oxygen atoms in total. The highest BCUT2D eigenvalue weighted by atomic mass is 127. The zero-order chi connectivity index (χ0) is 11.5. The number of benzene rings is 1. The highest BCUT2D eigenvalue weighted by molar-refractivity contribution is 14.1. The van der Waals surface area contributed by atoms with Crippen molar-refractivity contribution in [2.24, 2.45) is 5.73 Å². The van der Waals surface area contributed by atoms with E-state index >= 15 is 0 Å². The van der Waals surface area contributed by atoms with E-state index in [2.05, 4.69) is 27.9 Å². The van der Waals surface area contributed by atoms with Gasteiger partial charge in [0.2, 0.25) is 0 Å². The van der Waals surface area contributed by atoms with Crippen LogP contribution in [-0.4, -0.2) is 18.0 Å². The molecular weight excluding hydrogens is 303 g/mol. The molecule has 4 heteroatoms. The number of carbonyl (C=O) groups is 1. The van der Waals surface area contributed by atoms with E-state index in [9.17, 15) is 4.79 Å². The third-order valence-corrected chi connectivity index (χ3v) is 2.46. The van der Waals surface area contributed by atoms with E-state index in [0.29, 0.717) is 12.1 Å². The van der Waals surface area contributed by atoms with Gasteiger partial charge in [-0.05, 0) is 54.6 Å². The van der Waals surface area contributed by atoms with Crippen molar-refractivity contribution >= 4 is 28.5 Å². The second kappa shape index (κ2) is 4.94. The smallest absolute Gasteiger partial charge is 0.251 e. The van der Waals surface area contributed by atoms with Crippen molar-refractivity contribution in [1.29, 1.82) is 0 Å². The number of nitrogens with one attached hydrogen (secondary N) is 1. The molecule has 0 radical (unpaired) electrons. The Bertz CT molecular complexity index is 358. The van der Waals surface area contributed by atoms with Crippen LogP contribution in [0.5, 0.6) is 0 Å². The van der Waals surface area contributed by atoms with Gasteiger partial charge in [-0.1, -0.05) is 6.07 Å². The molecule has 0 unspecified atom stereocenters. The Morgan fingerprint density at radius 3 is 2.73 bits per heavy atom. The van der Waals surface area contributed by atoms with Gasteiger partial charge in [-0.25, -0.2) is 0 Å². The van der Waals surface area contributed by atoms with Crippen molar-refractivity contribution < 1.29 is 4.79 Å². The normalized spacial score (nSPS) is 11.2. The largest absolute Gasteiger partial charge is 0.350 e. The maximum Gasteiger partial charge on any atom is 0.251 e. The Hall–Kier alpha value is -0.620. The molecule has 0 fully saturated rings. The van der Waals surface area contributed by atoms with Gasteiger partial charge in [0, 0.05) is 21.2 Å². The van der Waals surface area contributed by atoms with Crippen molar-refractivity contribution in [3.63, 3.8) is 0 Å². The molecule has 1 amide bonds. The molecule has 0 aliphatic heterocycles. The van der Waals surface area contributed by atoms with Gasteiger partial charge < -0.3 is 11.1 Å². The predicted molar refractivity (Wildman–Crippen MR) is 69.8 cm³/mol. The summed E-state index contributed by atoms with van der Waals surface area (Å²) in [5, 5.41) is 2.80. The maximum atomic E-state index is 11.7. The SMILES string of the molecule is CC(C)(N)CNC(=O)c1cccc(I)c1. The van der Waals surface area contributed by atoms with E-state index in [1.807, 2.05) is 32.0 Å². The van der Waals surface area contributed by atoms with Crippen molar-refractivity contribution in [2.75, 3.05) is 6.54 Å². The number of hydrogen-bond donors (Lipinski definition) is 2. The summed E-state index contributed by atoms with van der Waals surface area (Å²) in [5.74, 6) is -0.0768. The standard InChI is InChI=1S/C11H15IN2O/c1-11(2,13)7-14-10(15)8-4-3-5-9(12)6-8/h3-6H,7,13H2,1-2H3,(H,14,15). The fraction of sp³-hybridized carbons (Fsp3) is 0.364. The lowest BCUT2D eigenvalue weighted by atomic mass is 10.1. The fourth-order valence-electron chi connectivity index (χ4n) is 1.04. The van der Waals surface area contributed by atoms with E-state index in [-0.39, 0.29) is 11.4 Å². The summed E-state index contributed by atoms with van der Waals surface area (Å²) in [5.41, 5.74) is 6.07. The van der Waals surface area contributed by atoms with Crippen LogP contribution in [0.1, 0.15) is 24.2 Å². The van der Waals surface area contributed by atoms with Gasteiger partial charge >= 0.3 is 0 Å². The zero-order valence-corrected chi connectivity index (χ0v) is 11.0. The molecule has 0 aliphatic carbocycles. The van der Waals surface area contributed by atoms with Crippen LogP contribution in [0, 0.1) is 3.57 Å². The molecule has 0 spiro atoms. The quantitative estimate of drug-likeness (QED) is 0.835. The third-order valence-electron chi connectivity index (χ3n) is 1.79. The molecule has 15 heavy (non-hydrogen) atoms. The molecule has 0 saturated heterocycles. The number of halogens is 1. The summed E-state index contributed by atoms with van der Waals surface area (Å²) in [6, 6.07) is 7.45. The number of carbonyl (C=O) groups excluding carboxylic acids is 1. The van der Waals surface area contributed by atoms with Crippen LogP contribution in [0.3, 0.4) is 0 Å². The monoisotopic (exact) mass is 318 g/mol. The first-order chi connectivity index (χ1) is 6.88. The third kappa shape index (κ3) is 4.61. The molecule has 0 heterocycles. The van der Waals surface area contributed by atoms with Crippen molar-refractivity contribution in [3.8, 4) is 0 Å². The first-order valence-corrected chi connectivity index (χ1v) is 5.79. The summed E-state index contributed by atoms with van der Waals surface area (Å²) < 4.78 is 1.05. The first kappa shape index (κ1) is 12.4. The molecule has 0 atom stereocenters. The molecule has 0 bridgehead atoms. The van der Waals surface area contributed by atoms with Gasteiger partial charge in [0.1, 0.15) is 0 Å². The Balaban J connectivity index is 2.62. The Kier molecular flexibility index (Phi) is 4.10. The lowest BCUT2D eigenvalue weighted by Gasteiger charge is -2.18. The number of hydrogen-bond acceptors (Lipinski definition) is 2. The van der Waals surface area contributed by atoms with Crippen LogP contribution < -0.4 is 11.1 Å². The number of nitrogens with two attached hydrogens (primary N) is 1. The summed E-state index contributed by atoms with van der Waals surface area (Å²) in [6.45, 7) is 4.22. The highest BCUT2D eigenvalue weighted by Gasteiger charge is 2.13. The average molecular weight is 318 g/mol. The maximum absolute atomic E-state index is 11.7. The van der Waals surface area contributed by atoms with Gasteiger partial charge in [-0.15, -0.1) is 0 Å². The van der Waals surface area contributed by atoms with Gasteiger partial charge in [0.05, 0.1) is 0 Å². The molecule has 3 N–H and O–H groups in total. The van der Waals surface area contributed by atoms with Crippen LogP contribution in [0.25, 0.3) is 0 Å². The fourth-order valence-corrected chi connectivity index (χ4v) is 1.58. The van der Waals surface area contributed by atoms with Gasteiger partial charge in [-0.2, -0.15) is 0 Å². The van der Waals surface area contributed by atoms with E-state index < -0.39 is 0 Å². The molecule has 1 aromatic carbocycles. The van der Waals surface area contributed by atoms with Crippen LogP contribution in [-0.2, 0) is 0 Å². The predicted octanol–water partition coefficient (Wildman–Crippen LogP) is 1.76. The molecule has 0 aromatic heterocycles. The topological polar surface area (TPSA) is 55.1 Å². The number of rotatable bonds is 3. The molecule has 0 saturated carbocycles. The Morgan fingerprint density at radius 2 is 2.20 bits per heavy atom. The summed E-state index contributed by atoms with van der Waals surface area (Å²) in [7, 11) is 0. The molecule has 1 aromatic rings. The highest BCUT2D eigenvalue weighted by Crippen LogP contribution is 2.07. The summed E-state index contributed by atoms with van der Waals surface area (Å²) in [6.07, 6.45) is 0. The minimum absolute atomic E-state index is 0.0768. The Labute approximate surface area is 104 Å². The lowest BCUT2D eigenvalue weighted by molar-refractivity contribution is 0.0946. The van der Waals surface area contributed by atoms with E-state index in [1.165, 1.54) is 0 Å². The molecule has 82 valence electrons. The van der Waals surface area contributed by atoms with E-state index in [1.54, 1.807) is 6.07 Å². The molecule has 1 rings (SSSR count). The van der Waals surface area contributed by atoms with E-state index in [4.69, 9.17) is 5.73 Å². The Morgan fingerprint density at radius 1 is 1.53 bits per heavy atom. The summed E-state index contributed by atoms with van der Waals surface area (Å²) >= 11 is 2.18. The second-order valence-electron chi connectivity index (χ2n) is 4.18. The lowest BCUT2D eigenvalue weighted by Crippen LogP contribution is -2.45. The zero-order valence-electron chi connectivity index (χ0n) is 8.88. The second-order valence-corrected chi connectivity index (χ2v) is 5.43. The number of amides is 1. The van der Waals surface area contributed by atoms with Crippen molar-refractivity contribution in [2.45, 2.75) is 19.4 Å². The van der Waals surface area contributed by atoms with Crippen LogP contribution in [0.4, 0.5) is 0 Å². The van der Waals surface area contributed by atoms with Crippen molar-refractivity contribution in [3.05, 3.63) is 33.4 Å². The van der Waals surface area contributed by atoms with Crippen LogP contribution in [0.15, 0.2) is 24.3 Å². The van der Waals surface area contributed by atoms with E-state index in [0.717, 1.165) is 3.57 Å². The van der Waals surface area contributed by atoms with Crippen LogP contribution >= 0.6 is 22.6 Å². The van der Waals surface area contributed by atoms with Gasteiger partial charge in [0.15, 0.2) is 0 Å². The van der Waals surface area contributed by atoms with Gasteiger partial charge in [-0.3, -0.25) is 4.79 Å². The minimum Gasteiger partial charge on any atom is -0.350 e. The average Bonchev–Trinajstić information content (AvgIpc) is 2.13. The molecular formula is C11H15IN2O. The van der Waals surface area contributed by atoms with Gasteiger partial charge in [0.25, 0.3) is 5.91 Å². The molecule has 0 aliphatic rings.